The Bertz CT molecular complexity index is 382. The highest BCUT2D eigenvalue weighted by molar-refractivity contribution is 6.32. The van der Waals surface area contributed by atoms with E-state index in [9.17, 15) is 5.11 Å². The molecule has 0 amide bonds. The predicted octanol–water partition coefficient (Wildman–Crippen LogP) is 2.27. The number of nitriles is 1. The molecule has 14 heavy (non-hydrogen) atoms. The first-order valence-electron chi connectivity index (χ1n) is 4.05. The molecule has 0 aromatic heterocycles. The van der Waals surface area contributed by atoms with Crippen LogP contribution in [0.3, 0.4) is 0 Å². The van der Waals surface area contributed by atoms with Gasteiger partial charge in [0.15, 0.2) is 5.75 Å². The molecule has 0 saturated carbocycles. The molecule has 0 aliphatic heterocycles. The summed E-state index contributed by atoms with van der Waals surface area (Å²) >= 11 is 5.87. The Morgan fingerprint density at radius 1 is 1.57 bits per heavy atom. The van der Waals surface area contributed by atoms with Crippen LogP contribution < -0.4 is 4.74 Å². The molecule has 4 heteroatoms. The van der Waals surface area contributed by atoms with Crippen molar-refractivity contribution in [2.75, 3.05) is 7.11 Å². The molecule has 0 fully saturated rings. The van der Waals surface area contributed by atoms with Crippen molar-refractivity contribution in [3.63, 3.8) is 0 Å². The highest BCUT2D eigenvalue weighted by Crippen LogP contribution is 2.31. The smallest absolute Gasteiger partial charge is 0.155 e. The number of aliphatic hydroxyl groups excluding tert-OH is 1. The summed E-state index contributed by atoms with van der Waals surface area (Å²) in [6.45, 7) is 1.61. The van der Waals surface area contributed by atoms with Gasteiger partial charge in [-0.2, -0.15) is 5.26 Å². The Balaban J connectivity index is 3.33. The summed E-state index contributed by atoms with van der Waals surface area (Å²) in [6, 6.07) is 5.12. The van der Waals surface area contributed by atoms with Gasteiger partial charge in [-0.25, -0.2) is 0 Å². The Kier molecular flexibility index (Phi) is 3.34. The van der Waals surface area contributed by atoms with Crippen LogP contribution in [0.5, 0.6) is 5.75 Å². The molecule has 0 saturated heterocycles. The quantitative estimate of drug-likeness (QED) is 0.817. The molecule has 1 atom stereocenters. The number of aliphatic hydroxyl groups is 1. The molecule has 0 bridgehead atoms. The van der Waals surface area contributed by atoms with Gasteiger partial charge in [0.25, 0.3) is 0 Å². The average molecular weight is 212 g/mol. The fraction of sp³-hybridized carbons (Fsp3) is 0.300. The van der Waals surface area contributed by atoms with Crippen LogP contribution in [0.25, 0.3) is 0 Å². The lowest BCUT2D eigenvalue weighted by atomic mass is 10.1. The van der Waals surface area contributed by atoms with Gasteiger partial charge >= 0.3 is 0 Å². The maximum atomic E-state index is 9.32. The first-order valence-corrected chi connectivity index (χ1v) is 4.43. The van der Waals surface area contributed by atoms with Crippen molar-refractivity contribution in [2.24, 2.45) is 0 Å². The molecule has 1 aromatic carbocycles. The molecular weight excluding hydrogens is 202 g/mol. The largest absolute Gasteiger partial charge is 0.494 e. The average Bonchev–Trinajstić information content (AvgIpc) is 2.16. The Morgan fingerprint density at radius 2 is 2.21 bits per heavy atom. The third-order valence-corrected chi connectivity index (χ3v) is 2.15. The zero-order valence-corrected chi connectivity index (χ0v) is 8.67. The first kappa shape index (κ1) is 10.8. The second-order valence-corrected chi connectivity index (χ2v) is 3.28. The van der Waals surface area contributed by atoms with Crippen LogP contribution in [-0.4, -0.2) is 12.2 Å². The van der Waals surface area contributed by atoms with Crippen molar-refractivity contribution in [1.82, 2.24) is 0 Å². The van der Waals surface area contributed by atoms with Gasteiger partial charge in [0.2, 0.25) is 0 Å². The Morgan fingerprint density at radius 3 is 2.64 bits per heavy atom. The Hall–Kier alpha value is -1.24. The highest BCUT2D eigenvalue weighted by Gasteiger charge is 2.11. The van der Waals surface area contributed by atoms with Crippen molar-refractivity contribution < 1.29 is 9.84 Å². The molecule has 0 aliphatic rings. The second-order valence-electron chi connectivity index (χ2n) is 2.87. The van der Waals surface area contributed by atoms with E-state index in [1.54, 1.807) is 19.1 Å². The lowest BCUT2D eigenvalue weighted by Gasteiger charge is -2.09. The summed E-state index contributed by atoms with van der Waals surface area (Å²) in [5.41, 5.74) is 0.934. The van der Waals surface area contributed by atoms with Crippen LogP contribution in [0.15, 0.2) is 12.1 Å². The second kappa shape index (κ2) is 4.32. The monoisotopic (exact) mass is 211 g/mol. The molecule has 0 radical (unpaired) electrons. The summed E-state index contributed by atoms with van der Waals surface area (Å²) in [5.74, 6) is 0.346. The van der Waals surface area contributed by atoms with Crippen LogP contribution >= 0.6 is 11.6 Å². The van der Waals surface area contributed by atoms with E-state index in [0.717, 1.165) is 0 Å². The molecule has 0 spiro atoms. The minimum atomic E-state index is -0.648. The normalized spacial score (nSPS) is 11.9. The molecule has 0 heterocycles. The highest BCUT2D eigenvalue weighted by atomic mass is 35.5. The number of ether oxygens (including phenoxy) is 1. The van der Waals surface area contributed by atoms with Crippen molar-refractivity contribution in [2.45, 2.75) is 13.0 Å². The number of hydrogen-bond acceptors (Lipinski definition) is 3. The molecular formula is C10H10ClNO2. The summed E-state index contributed by atoms with van der Waals surface area (Å²) in [7, 11) is 1.45. The van der Waals surface area contributed by atoms with E-state index in [1.165, 1.54) is 7.11 Å². The van der Waals surface area contributed by atoms with Crippen LogP contribution in [0.4, 0.5) is 0 Å². The van der Waals surface area contributed by atoms with Gasteiger partial charge in [0.05, 0.1) is 23.8 Å². The topological polar surface area (TPSA) is 53.2 Å². The minimum absolute atomic E-state index is 0.330. The number of halogens is 1. The van der Waals surface area contributed by atoms with E-state index in [1.807, 2.05) is 6.07 Å². The zero-order chi connectivity index (χ0) is 10.7. The number of nitrogens with zero attached hydrogens (tertiary/aromatic N) is 1. The van der Waals surface area contributed by atoms with Gasteiger partial charge in [-0.1, -0.05) is 11.6 Å². The fourth-order valence-electron chi connectivity index (χ4n) is 1.15. The number of hydrogen-bond donors (Lipinski definition) is 1. The van der Waals surface area contributed by atoms with E-state index in [4.69, 9.17) is 21.6 Å². The van der Waals surface area contributed by atoms with Crippen molar-refractivity contribution in [1.29, 1.82) is 5.26 Å². The van der Waals surface area contributed by atoms with Crippen molar-refractivity contribution in [3.05, 3.63) is 28.3 Å². The van der Waals surface area contributed by atoms with Crippen molar-refractivity contribution in [3.8, 4) is 11.8 Å². The molecule has 1 unspecified atom stereocenters. The van der Waals surface area contributed by atoms with Crippen LogP contribution in [0.1, 0.15) is 24.2 Å². The van der Waals surface area contributed by atoms with Gasteiger partial charge in [-0.15, -0.1) is 0 Å². The van der Waals surface area contributed by atoms with Gasteiger partial charge in [-0.3, -0.25) is 0 Å². The molecule has 0 aliphatic carbocycles. The third-order valence-electron chi connectivity index (χ3n) is 1.87. The lowest BCUT2D eigenvalue weighted by molar-refractivity contribution is 0.199. The van der Waals surface area contributed by atoms with E-state index < -0.39 is 6.10 Å². The summed E-state index contributed by atoms with van der Waals surface area (Å²) in [6.07, 6.45) is -0.648. The van der Waals surface area contributed by atoms with Crippen LogP contribution in [-0.2, 0) is 0 Å². The number of rotatable bonds is 2. The van der Waals surface area contributed by atoms with Gasteiger partial charge in [0, 0.05) is 0 Å². The van der Waals surface area contributed by atoms with E-state index >= 15 is 0 Å². The van der Waals surface area contributed by atoms with Gasteiger partial charge in [0.1, 0.15) is 6.07 Å². The molecule has 74 valence electrons. The summed E-state index contributed by atoms with van der Waals surface area (Å²) in [4.78, 5) is 0. The van der Waals surface area contributed by atoms with Crippen LogP contribution in [0.2, 0.25) is 5.02 Å². The standard InChI is InChI=1S/C10H10ClNO2/c1-6(13)7-3-8(5-12)10(14-2)9(11)4-7/h3-4,6,13H,1-2H3. The van der Waals surface area contributed by atoms with Crippen molar-refractivity contribution >= 4 is 11.6 Å². The summed E-state index contributed by atoms with van der Waals surface area (Å²) in [5, 5.41) is 18.5. The Labute approximate surface area is 87.5 Å². The maximum Gasteiger partial charge on any atom is 0.155 e. The van der Waals surface area contributed by atoms with E-state index in [-0.39, 0.29) is 0 Å². The molecule has 1 rings (SSSR count). The number of methoxy groups -OCH3 is 1. The summed E-state index contributed by atoms with van der Waals surface area (Å²) < 4.78 is 4.97. The van der Waals surface area contributed by atoms with E-state index in [2.05, 4.69) is 0 Å². The van der Waals surface area contributed by atoms with E-state index in [0.29, 0.717) is 21.9 Å². The zero-order valence-electron chi connectivity index (χ0n) is 7.91. The predicted molar refractivity (Wildman–Crippen MR) is 53.4 cm³/mol. The molecule has 1 aromatic rings. The minimum Gasteiger partial charge on any atom is -0.494 e. The SMILES string of the molecule is COc1c(Cl)cc(C(C)O)cc1C#N. The third kappa shape index (κ3) is 1.98. The van der Waals surface area contributed by atoms with Gasteiger partial charge in [-0.05, 0) is 24.6 Å². The van der Waals surface area contributed by atoms with Gasteiger partial charge < -0.3 is 9.84 Å². The maximum absolute atomic E-state index is 9.32. The van der Waals surface area contributed by atoms with Crippen LogP contribution in [0, 0.1) is 11.3 Å². The first-order chi connectivity index (χ1) is 6.60. The number of benzene rings is 1. The lowest BCUT2D eigenvalue weighted by Crippen LogP contribution is -1.95. The molecule has 3 nitrogen and oxygen atoms in total. The fourth-order valence-corrected chi connectivity index (χ4v) is 1.45. The molecule has 1 N–H and O–H groups in total.